The third-order valence-electron chi connectivity index (χ3n) is 3.30. The predicted octanol–water partition coefficient (Wildman–Crippen LogP) is 0.714. The summed E-state index contributed by atoms with van der Waals surface area (Å²) in [4.78, 5) is 12.3. The minimum absolute atomic E-state index is 0.385. The summed E-state index contributed by atoms with van der Waals surface area (Å²) in [6.45, 7) is 0.801. The molecular weight excluding hydrogens is 218 g/mol. The van der Waals surface area contributed by atoms with Gasteiger partial charge in [0.2, 0.25) is 0 Å². The molecule has 0 bridgehead atoms. The van der Waals surface area contributed by atoms with Crippen molar-refractivity contribution >= 4 is 17.0 Å². The molecule has 2 aromatic heterocycles. The molecule has 0 atom stereocenters. The Hall–Kier alpha value is -1.69. The van der Waals surface area contributed by atoms with E-state index >= 15 is 0 Å². The van der Waals surface area contributed by atoms with Gasteiger partial charge >= 0.3 is 0 Å². The predicted molar refractivity (Wildman–Crippen MR) is 63.2 cm³/mol. The SMILES string of the molecule is Nc1ncnc2c1ncn2CCCC1(O)CC1. The van der Waals surface area contributed by atoms with Gasteiger partial charge in [0.05, 0.1) is 11.9 Å². The zero-order valence-electron chi connectivity index (χ0n) is 9.50. The number of nitrogens with zero attached hydrogens (tertiary/aromatic N) is 4. The molecule has 6 heteroatoms. The molecule has 3 rings (SSSR count). The third-order valence-corrected chi connectivity index (χ3v) is 3.30. The van der Waals surface area contributed by atoms with E-state index in [1.165, 1.54) is 6.33 Å². The quantitative estimate of drug-likeness (QED) is 0.811. The first-order chi connectivity index (χ1) is 8.18. The molecule has 3 N–H and O–H groups in total. The second kappa shape index (κ2) is 3.66. The maximum Gasteiger partial charge on any atom is 0.165 e. The molecule has 0 aromatic carbocycles. The molecule has 0 radical (unpaired) electrons. The Balaban J connectivity index is 1.74. The van der Waals surface area contributed by atoms with Crippen molar-refractivity contribution in [2.75, 3.05) is 5.73 Å². The van der Waals surface area contributed by atoms with E-state index in [1.807, 2.05) is 4.57 Å². The van der Waals surface area contributed by atoms with Crippen LogP contribution in [0.3, 0.4) is 0 Å². The Morgan fingerprint density at radius 1 is 1.35 bits per heavy atom. The summed E-state index contributed by atoms with van der Waals surface area (Å²) in [7, 11) is 0. The van der Waals surface area contributed by atoms with Gasteiger partial charge in [-0.2, -0.15) is 0 Å². The number of rotatable bonds is 4. The van der Waals surface area contributed by atoms with Gasteiger partial charge < -0.3 is 15.4 Å². The van der Waals surface area contributed by atoms with Crippen LogP contribution < -0.4 is 5.73 Å². The molecule has 6 nitrogen and oxygen atoms in total. The van der Waals surface area contributed by atoms with Gasteiger partial charge in [0.15, 0.2) is 11.5 Å². The number of hydrogen-bond acceptors (Lipinski definition) is 5. The minimum atomic E-state index is -0.385. The fraction of sp³-hybridized carbons (Fsp3) is 0.545. The molecule has 2 heterocycles. The Morgan fingerprint density at radius 3 is 2.94 bits per heavy atom. The van der Waals surface area contributed by atoms with Crippen LogP contribution in [0.25, 0.3) is 11.2 Å². The Bertz CT molecular complexity index is 546. The van der Waals surface area contributed by atoms with E-state index in [-0.39, 0.29) is 5.60 Å². The third kappa shape index (κ3) is 1.95. The number of imidazole rings is 1. The van der Waals surface area contributed by atoms with Crippen molar-refractivity contribution in [2.24, 2.45) is 0 Å². The van der Waals surface area contributed by atoms with Crippen LogP contribution in [-0.2, 0) is 6.54 Å². The lowest BCUT2D eigenvalue weighted by atomic mass is 10.2. The van der Waals surface area contributed by atoms with Crippen LogP contribution in [0.1, 0.15) is 25.7 Å². The second-order valence-corrected chi connectivity index (χ2v) is 4.70. The molecule has 1 aliphatic rings. The number of aryl methyl sites for hydroxylation is 1. The lowest BCUT2D eigenvalue weighted by Crippen LogP contribution is -2.08. The lowest BCUT2D eigenvalue weighted by Gasteiger charge is -2.07. The van der Waals surface area contributed by atoms with E-state index < -0.39 is 0 Å². The molecule has 0 spiro atoms. The highest BCUT2D eigenvalue weighted by Gasteiger charge is 2.39. The summed E-state index contributed by atoms with van der Waals surface area (Å²) in [6.07, 6.45) is 6.82. The fourth-order valence-corrected chi connectivity index (χ4v) is 2.04. The van der Waals surface area contributed by atoms with Gasteiger partial charge in [0, 0.05) is 6.54 Å². The van der Waals surface area contributed by atoms with Crippen LogP contribution >= 0.6 is 0 Å². The van der Waals surface area contributed by atoms with Gasteiger partial charge in [0.25, 0.3) is 0 Å². The molecule has 1 saturated carbocycles. The number of nitrogen functional groups attached to an aromatic ring is 1. The zero-order valence-corrected chi connectivity index (χ0v) is 9.50. The van der Waals surface area contributed by atoms with Crippen LogP contribution in [0.2, 0.25) is 0 Å². The Morgan fingerprint density at radius 2 is 2.18 bits per heavy atom. The van der Waals surface area contributed by atoms with Crippen molar-refractivity contribution in [1.29, 1.82) is 0 Å². The molecule has 1 aliphatic carbocycles. The summed E-state index contributed by atoms with van der Waals surface area (Å²) in [5.41, 5.74) is 6.74. The zero-order chi connectivity index (χ0) is 11.9. The number of anilines is 1. The topological polar surface area (TPSA) is 89.9 Å². The smallest absolute Gasteiger partial charge is 0.165 e. The van der Waals surface area contributed by atoms with Gasteiger partial charge in [-0.3, -0.25) is 0 Å². The molecule has 2 aromatic rings. The monoisotopic (exact) mass is 233 g/mol. The first kappa shape index (κ1) is 10.5. The summed E-state index contributed by atoms with van der Waals surface area (Å²) in [6, 6.07) is 0. The van der Waals surface area contributed by atoms with Gasteiger partial charge in [-0.1, -0.05) is 0 Å². The summed E-state index contributed by atoms with van der Waals surface area (Å²) < 4.78 is 1.96. The van der Waals surface area contributed by atoms with E-state index in [0.29, 0.717) is 11.3 Å². The number of aliphatic hydroxyl groups is 1. The first-order valence-electron chi connectivity index (χ1n) is 5.82. The molecule has 1 fully saturated rings. The van der Waals surface area contributed by atoms with Gasteiger partial charge in [-0.15, -0.1) is 0 Å². The van der Waals surface area contributed by atoms with E-state index in [4.69, 9.17) is 5.73 Å². The van der Waals surface area contributed by atoms with Crippen molar-refractivity contribution in [2.45, 2.75) is 37.8 Å². The van der Waals surface area contributed by atoms with Crippen molar-refractivity contribution < 1.29 is 5.11 Å². The molecule has 0 aliphatic heterocycles. The standard InChI is InChI=1S/C11H15N5O/c12-9-8-10(14-6-13-9)16(7-15-8)5-1-2-11(17)3-4-11/h6-7,17H,1-5H2,(H2,12,13,14). The average Bonchev–Trinajstić information content (AvgIpc) is 2.89. The van der Waals surface area contributed by atoms with Gasteiger partial charge in [-0.05, 0) is 25.7 Å². The maximum absolute atomic E-state index is 9.74. The first-order valence-corrected chi connectivity index (χ1v) is 5.82. The van der Waals surface area contributed by atoms with Crippen molar-refractivity contribution in [3.8, 4) is 0 Å². The largest absolute Gasteiger partial charge is 0.390 e. The van der Waals surface area contributed by atoms with Crippen LogP contribution in [0.4, 0.5) is 5.82 Å². The number of aromatic nitrogens is 4. The molecule has 0 saturated heterocycles. The van der Waals surface area contributed by atoms with E-state index in [2.05, 4.69) is 15.0 Å². The van der Waals surface area contributed by atoms with E-state index in [9.17, 15) is 5.11 Å². The summed E-state index contributed by atoms with van der Waals surface area (Å²) in [5.74, 6) is 0.412. The number of nitrogens with two attached hydrogens (primary N) is 1. The van der Waals surface area contributed by atoms with Gasteiger partial charge in [-0.25, -0.2) is 15.0 Å². The van der Waals surface area contributed by atoms with Crippen molar-refractivity contribution in [3.63, 3.8) is 0 Å². The Kier molecular flexibility index (Phi) is 2.25. The molecule has 90 valence electrons. The lowest BCUT2D eigenvalue weighted by molar-refractivity contribution is 0.136. The molecule has 0 amide bonds. The van der Waals surface area contributed by atoms with Crippen LogP contribution in [-0.4, -0.2) is 30.2 Å². The molecule has 0 unspecified atom stereocenters. The molecular formula is C11H15N5O. The number of fused-ring (bicyclic) bond motifs is 1. The van der Waals surface area contributed by atoms with Crippen molar-refractivity contribution in [3.05, 3.63) is 12.7 Å². The fourth-order valence-electron chi connectivity index (χ4n) is 2.04. The Labute approximate surface area is 98.5 Å². The molecule has 17 heavy (non-hydrogen) atoms. The summed E-state index contributed by atoms with van der Waals surface area (Å²) >= 11 is 0. The van der Waals surface area contributed by atoms with E-state index in [1.54, 1.807) is 6.33 Å². The van der Waals surface area contributed by atoms with E-state index in [0.717, 1.165) is 37.9 Å². The highest BCUT2D eigenvalue weighted by atomic mass is 16.3. The van der Waals surface area contributed by atoms with Crippen molar-refractivity contribution in [1.82, 2.24) is 19.5 Å². The van der Waals surface area contributed by atoms with Crippen LogP contribution in [0, 0.1) is 0 Å². The highest BCUT2D eigenvalue weighted by Crippen LogP contribution is 2.39. The van der Waals surface area contributed by atoms with Crippen LogP contribution in [0.5, 0.6) is 0 Å². The van der Waals surface area contributed by atoms with Gasteiger partial charge in [0.1, 0.15) is 11.8 Å². The van der Waals surface area contributed by atoms with Crippen LogP contribution in [0.15, 0.2) is 12.7 Å². The number of hydrogen-bond donors (Lipinski definition) is 2. The summed E-state index contributed by atoms with van der Waals surface area (Å²) in [5, 5.41) is 9.74. The highest BCUT2D eigenvalue weighted by molar-refractivity contribution is 5.80. The maximum atomic E-state index is 9.74. The average molecular weight is 233 g/mol. The second-order valence-electron chi connectivity index (χ2n) is 4.70. The normalized spacial score (nSPS) is 17.5. The minimum Gasteiger partial charge on any atom is -0.390 e.